The third-order valence-corrected chi connectivity index (χ3v) is 7.56. The van der Waals surface area contributed by atoms with Crippen LogP contribution in [0.3, 0.4) is 0 Å². The maximum atomic E-state index is 13.5. The molecule has 228 valence electrons. The first-order chi connectivity index (χ1) is 20.4. The molecule has 0 bridgehead atoms. The summed E-state index contributed by atoms with van der Waals surface area (Å²) in [5.41, 5.74) is 4.36. The minimum Gasteiger partial charge on any atom is -0.476 e. The third kappa shape index (κ3) is 6.54. The van der Waals surface area contributed by atoms with Crippen molar-refractivity contribution >= 4 is 17.0 Å². The van der Waals surface area contributed by atoms with Gasteiger partial charge in [0.15, 0.2) is 6.23 Å². The summed E-state index contributed by atoms with van der Waals surface area (Å²) in [6.45, 7) is 10.6. The highest BCUT2D eigenvalue weighted by molar-refractivity contribution is 5.89. The molecule has 11 nitrogen and oxygen atoms in total. The summed E-state index contributed by atoms with van der Waals surface area (Å²) in [4.78, 5) is 15.2. The van der Waals surface area contributed by atoms with Gasteiger partial charge in [-0.2, -0.15) is 15.3 Å². The number of amides is 1. The lowest BCUT2D eigenvalue weighted by Crippen LogP contribution is -2.44. The van der Waals surface area contributed by atoms with Gasteiger partial charge in [-0.15, -0.1) is 6.42 Å². The van der Waals surface area contributed by atoms with E-state index in [-0.39, 0.29) is 25.4 Å². The van der Waals surface area contributed by atoms with Crippen molar-refractivity contribution in [1.82, 2.24) is 34.2 Å². The first kappa shape index (κ1) is 30.2. The lowest BCUT2D eigenvalue weighted by Gasteiger charge is -2.32. The van der Waals surface area contributed by atoms with Gasteiger partial charge in [0.05, 0.1) is 35.7 Å². The van der Waals surface area contributed by atoms with Gasteiger partial charge in [-0.1, -0.05) is 6.07 Å². The molecule has 3 aromatic heterocycles. The zero-order chi connectivity index (χ0) is 30.9. The molecule has 1 fully saturated rings. The number of rotatable bonds is 8. The molecule has 5 rings (SSSR count). The number of hydrogen-bond acceptors (Lipinski definition) is 7. The van der Waals surface area contributed by atoms with Gasteiger partial charge < -0.3 is 14.2 Å². The molecular weight excluding hydrogens is 546 g/mol. The predicted octanol–water partition coefficient (Wildman–Crippen LogP) is 5.36. The molecule has 2 unspecified atom stereocenters. The van der Waals surface area contributed by atoms with Gasteiger partial charge in [0.25, 0.3) is 0 Å². The normalized spacial score (nSPS) is 16.2. The van der Waals surface area contributed by atoms with E-state index in [0.29, 0.717) is 18.2 Å². The van der Waals surface area contributed by atoms with Gasteiger partial charge in [0.2, 0.25) is 5.88 Å². The topological polar surface area (TPSA) is 101 Å². The second-order valence-electron chi connectivity index (χ2n) is 12.1. The number of carbonyl (C=O) groups excluding carboxylic acids is 1. The highest BCUT2D eigenvalue weighted by Gasteiger charge is 2.29. The highest BCUT2D eigenvalue weighted by atomic mass is 16.6. The summed E-state index contributed by atoms with van der Waals surface area (Å²) >= 11 is 0. The van der Waals surface area contributed by atoms with E-state index in [1.807, 2.05) is 83.9 Å². The smallest absolute Gasteiger partial charge is 0.411 e. The Morgan fingerprint density at radius 2 is 2.00 bits per heavy atom. The fourth-order valence-corrected chi connectivity index (χ4v) is 5.34. The van der Waals surface area contributed by atoms with Gasteiger partial charge >= 0.3 is 6.09 Å². The Morgan fingerprint density at radius 3 is 2.65 bits per heavy atom. The van der Waals surface area contributed by atoms with Gasteiger partial charge in [0.1, 0.15) is 17.9 Å². The van der Waals surface area contributed by atoms with Crippen molar-refractivity contribution in [2.75, 3.05) is 13.2 Å². The van der Waals surface area contributed by atoms with Crippen LogP contribution in [0.5, 0.6) is 5.88 Å². The van der Waals surface area contributed by atoms with Crippen LogP contribution in [0.25, 0.3) is 22.0 Å². The number of carbonyl (C=O) groups is 1. The molecule has 43 heavy (non-hydrogen) atoms. The van der Waals surface area contributed by atoms with Crippen LogP contribution in [-0.2, 0) is 30.1 Å². The Hall–Kier alpha value is -4.30. The van der Waals surface area contributed by atoms with E-state index in [4.69, 9.17) is 25.7 Å². The van der Waals surface area contributed by atoms with Crippen molar-refractivity contribution in [2.45, 2.75) is 78.3 Å². The van der Waals surface area contributed by atoms with Gasteiger partial charge in [-0.05, 0) is 77.5 Å². The summed E-state index contributed by atoms with van der Waals surface area (Å²) in [5.74, 6) is 3.38. The largest absolute Gasteiger partial charge is 0.476 e. The predicted molar refractivity (Wildman–Crippen MR) is 163 cm³/mol. The Kier molecular flexibility index (Phi) is 8.51. The molecule has 0 spiro atoms. The highest BCUT2D eigenvalue weighted by Crippen LogP contribution is 2.33. The third-order valence-electron chi connectivity index (χ3n) is 7.56. The SMILES string of the molecule is C#Cc1nn(C2CCCCO2)c2ccc(-c3cnn(C)c3CN(C(=O)OC(C)(C)C)C(C)COc3cc(C)nn3C)cc12. The van der Waals surface area contributed by atoms with Crippen molar-refractivity contribution in [2.24, 2.45) is 14.1 Å². The van der Waals surface area contributed by atoms with Crippen LogP contribution in [0.4, 0.5) is 4.79 Å². The van der Waals surface area contributed by atoms with Gasteiger partial charge in [0, 0.05) is 37.7 Å². The fourth-order valence-electron chi connectivity index (χ4n) is 5.34. The van der Waals surface area contributed by atoms with Crippen molar-refractivity contribution in [3.8, 4) is 29.4 Å². The average Bonchev–Trinajstić information content (AvgIpc) is 3.62. The second-order valence-corrected chi connectivity index (χ2v) is 12.1. The molecule has 0 aliphatic carbocycles. The van der Waals surface area contributed by atoms with Gasteiger partial charge in [-0.3, -0.25) is 9.58 Å². The number of terminal acetylenes is 1. The van der Waals surface area contributed by atoms with Crippen molar-refractivity contribution in [3.63, 3.8) is 0 Å². The lowest BCUT2D eigenvalue weighted by atomic mass is 10.0. The molecule has 1 saturated heterocycles. The molecule has 4 heterocycles. The van der Waals surface area contributed by atoms with Crippen LogP contribution in [0.1, 0.15) is 70.3 Å². The van der Waals surface area contributed by atoms with E-state index in [2.05, 4.69) is 16.1 Å². The number of hydrogen-bond donors (Lipinski definition) is 0. The summed E-state index contributed by atoms with van der Waals surface area (Å²) in [6.07, 6.45) is 10.2. The Morgan fingerprint density at radius 1 is 1.21 bits per heavy atom. The van der Waals surface area contributed by atoms with Crippen molar-refractivity contribution in [3.05, 3.63) is 47.5 Å². The van der Waals surface area contributed by atoms with E-state index in [9.17, 15) is 4.79 Å². The summed E-state index contributed by atoms with van der Waals surface area (Å²) in [6, 6.07) is 7.67. The number of ether oxygens (including phenoxy) is 3. The van der Waals surface area contributed by atoms with Crippen LogP contribution in [0.15, 0.2) is 30.5 Å². The average molecular weight is 588 g/mol. The molecule has 0 N–H and O–H groups in total. The van der Waals surface area contributed by atoms with Crippen molar-refractivity contribution in [1.29, 1.82) is 0 Å². The number of fused-ring (bicyclic) bond motifs is 1. The van der Waals surface area contributed by atoms with Crippen LogP contribution >= 0.6 is 0 Å². The minimum absolute atomic E-state index is 0.125. The molecular formula is C32H41N7O4. The number of aromatic nitrogens is 6. The maximum Gasteiger partial charge on any atom is 0.411 e. The standard InChI is InChI=1S/C32H41N7O4/c1-9-26-24-17-23(13-14-27(24)39(35-26)29-12-10-11-15-41-29)25-18-33-36(7)28(25)19-38(31(40)43-32(4,5)6)22(3)20-42-30-16-21(2)34-37(30)8/h1,13-14,16-18,22,29H,10-12,15,19-20H2,2-8H3. The molecule has 1 aromatic carbocycles. The van der Waals surface area contributed by atoms with Crippen LogP contribution < -0.4 is 4.74 Å². The van der Waals surface area contributed by atoms with Gasteiger partial charge in [-0.25, -0.2) is 14.2 Å². The first-order valence-electron chi connectivity index (χ1n) is 14.7. The van der Waals surface area contributed by atoms with Crippen LogP contribution in [0.2, 0.25) is 0 Å². The zero-order valence-electron chi connectivity index (χ0n) is 26.1. The number of aryl methyl sites for hydroxylation is 3. The molecule has 11 heteroatoms. The van der Waals surface area contributed by atoms with Crippen LogP contribution in [0, 0.1) is 19.3 Å². The monoisotopic (exact) mass is 587 g/mol. The molecule has 1 aliphatic rings. The summed E-state index contributed by atoms with van der Waals surface area (Å²) < 4.78 is 23.3. The number of benzene rings is 1. The molecule has 0 saturated carbocycles. The Bertz CT molecular complexity index is 1650. The Labute approximate surface area is 252 Å². The lowest BCUT2D eigenvalue weighted by molar-refractivity contribution is -0.0367. The van der Waals surface area contributed by atoms with E-state index < -0.39 is 11.7 Å². The first-order valence-corrected chi connectivity index (χ1v) is 14.7. The van der Waals surface area contributed by atoms with Crippen molar-refractivity contribution < 1.29 is 19.0 Å². The zero-order valence-corrected chi connectivity index (χ0v) is 26.1. The number of nitrogens with zero attached hydrogens (tertiary/aromatic N) is 7. The minimum atomic E-state index is -0.663. The molecule has 4 aromatic rings. The summed E-state index contributed by atoms with van der Waals surface area (Å²) in [5, 5.41) is 14.5. The van der Waals surface area contributed by atoms with E-state index in [1.165, 1.54) is 0 Å². The van der Waals surface area contributed by atoms with E-state index in [0.717, 1.165) is 52.7 Å². The van der Waals surface area contributed by atoms with E-state index >= 15 is 0 Å². The molecule has 1 amide bonds. The maximum absolute atomic E-state index is 13.5. The molecule has 0 radical (unpaired) electrons. The molecule has 1 aliphatic heterocycles. The van der Waals surface area contributed by atoms with Crippen LogP contribution in [-0.4, -0.2) is 65.2 Å². The fraction of sp³-hybridized carbons (Fsp3) is 0.500. The summed E-state index contributed by atoms with van der Waals surface area (Å²) in [7, 11) is 3.70. The molecule has 2 atom stereocenters. The second kappa shape index (κ2) is 12.1. The Balaban J connectivity index is 1.46. The quantitative estimate of drug-likeness (QED) is 0.256. The van der Waals surface area contributed by atoms with E-state index in [1.54, 1.807) is 14.3 Å².